The van der Waals surface area contributed by atoms with Crippen LogP contribution in [0, 0.1) is 5.41 Å². The monoisotopic (exact) mass is 465 g/mol. The van der Waals surface area contributed by atoms with Crippen LogP contribution in [0.2, 0.25) is 0 Å². The van der Waals surface area contributed by atoms with E-state index in [0.717, 1.165) is 12.5 Å². The van der Waals surface area contributed by atoms with Gasteiger partial charge in [0.05, 0.1) is 10.6 Å². The summed E-state index contributed by atoms with van der Waals surface area (Å²) in [6.07, 6.45) is 0. The molecule has 7 heteroatoms. The standard InChI is InChI=1S/C17H27N3O2S.HI/c1-16(2)13-20(17(16,3)4)15(18-5)19-11-12-23(21,22)14-9-7-6-8-10-14;/h6-10H,11-13H2,1-5H3,(H,18,19);1H. The highest BCUT2D eigenvalue weighted by Gasteiger charge is 2.53. The predicted octanol–water partition coefficient (Wildman–Crippen LogP) is 2.77. The lowest BCUT2D eigenvalue weighted by atomic mass is 9.65. The van der Waals surface area contributed by atoms with Gasteiger partial charge in [0, 0.05) is 31.1 Å². The van der Waals surface area contributed by atoms with E-state index in [1.165, 1.54) is 0 Å². The molecule has 0 radical (unpaired) electrons. The summed E-state index contributed by atoms with van der Waals surface area (Å²) in [6.45, 7) is 10.1. The van der Waals surface area contributed by atoms with Gasteiger partial charge in [-0.2, -0.15) is 0 Å². The highest BCUT2D eigenvalue weighted by Crippen LogP contribution is 2.46. The molecule has 136 valence electrons. The molecular weight excluding hydrogens is 437 g/mol. The molecule has 0 bridgehead atoms. The maximum absolute atomic E-state index is 12.3. The molecule has 0 spiro atoms. The summed E-state index contributed by atoms with van der Waals surface area (Å²) in [5.74, 6) is 0.811. The van der Waals surface area contributed by atoms with Crippen LogP contribution < -0.4 is 5.32 Å². The van der Waals surface area contributed by atoms with E-state index in [9.17, 15) is 8.42 Å². The van der Waals surface area contributed by atoms with Crippen LogP contribution in [-0.2, 0) is 9.84 Å². The van der Waals surface area contributed by atoms with Crippen molar-refractivity contribution in [1.82, 2.24) is 10.2 Å². The average molecular weight is 465 g/mol. The van der Waals surface area contributed by atoms with Crippen LogP contribution in [0.3, 0.4) is 0 Å². The molecule has 5 nitrogen and oxygen atoms in total. The Kier molecular flexibility index (Phi) is 6.71. The van der Waals surface area contributed by atoms with Gasteiger partial charge in [0.25, 0.3) is 0 Å². The fraction of sp³-hybridized carbons (Fsp3) is 0.588. The van der Waals surface area contributed by atoms with Crippen molar-refractivity contribution in [3.05, 3.63) is 30.3 Å². The quantitative estimate of drug-likeness (QED) is 0.422. The molecule has 0 aliphatic carbocycles. The summed E-state index contributed by atoms with van der Waals surface area (Å²) in [4.78, 5) is 6.86. The van der Waals surface area contributed by atoms with Crippen LogP contribution in [0.4, 0.5) is 0 Å². The Balaban J connectivity index is 0.00000288. The fourth-order valence-electron chi connectivity index (χ4n) is 2.74. The third-order valence-electron chi connectivity index (χ3n) is 5.11. The summed E-state index contributed by atoms with van der Waals surface area (Å²) >= 11 is 0. The summed E-state index contributed by atoms with van der Waals surface area (Å²) in [5, 5.41) is 3.19. The summed E-state index contributed by atoms with van der Waals surface area (Å²) in [5.41, 5.74) is 0.202. The average Bonchev–Trinajstić information content (AvgIpc) is 2.50. The summed E-state index contributed by atoms with van der Waals surface area (Å²) < 4.78 is 24.6. The van der Waals surface area contributed by atoms with Crippen molar-refractivity contribution in [1.29, 1.82) is 0 Å². The van der Waals surface area contributed by atoms with E-state index in [1.807, 2.05) is 6.07 Å². The van der Waals surface area contributed by atoms with Crippen molar-refractivity contribution in [2.24, 2.45) is 10.4 Å². The lowest BCUT2D eigenvalue weighted by Gasteiger charge is -2.62. The van der Waals surface area contributed by atoms with Crippen molar-refractivity contribution in [3.8, 4) is 0 Å². The molecule has 1 aliphatic rings. The van der Waals surface area contributed by atoms with Gasteiger partial charge in [0.15, 0.2) is 15.8 Å². The minimum absolute atomic E-state index is 0. The molecule has 0 unspecified atom stereocenters. The van der Waals surface area contributed by atoms with Crippen LogP contribution in [0.1, 0.15) is 27.7 Å². The normalized spacial score (nSPS) is 19.2. The summed E-state index contributed by atoms with van der Waals surface area (Å²) in [6, 6.07) is 8.55. The van der Waals surface area contributed by atoms with E-state index in [4.69, 9.17) is 0 Å². The number of halogens is 1. The number of nitrogens with zero attached hydrogens (tertiary/aromatic N) is 2. The van der Waals surface area contributed by atoms with E-state index < -0.39 is 9.84 Å². The zero-order valence-electron chi connectivity index (χ0n) is 15.0. The fourth-order valence-corrected chi connectivity index (χ4v) is 3.92. The Labute approximate surface area is 162 Å². The first-order valence-corrected chi connectivity index (χ1v) is 9.53. The molecule has 2 rings (SSSR count). The Hall–Kier alpha value is -0.830. The van der Waals surface area contributed by atoms with Crippen molar-refractivity contribution in [2.45, 2.75) is 38.1 Å². The van der Waals surface area contributed by atoms with Gasteiger partial charge in [-0.3, -0.25) is 4.99 Å². The lowest BCUT2D eigenvalue weighted by molar-refractivity contribution is -0.0666. The second-order valence-electron chi connectivity index (χ2n) is 7.13. The van der Waals surface area contributed by atoms with Crippen LogP contribution in [-0.4, -0.2) is 50.7 Å². The Bertz CT molecular complexity index is 685. The molecule has 1 heterocycles. The van der Waals surface area contributed by atoms with Crippen LogP contribution >= 0.6 is 24.0 Å². The molecule has 0 saturated carbocycles. The van der Waals surface area contributed by atoms with Gasteiger partial charge in [-0.15, -0.1) is 24.0 Å². The van der Waals surface area contributed by atoms with Crippen molar-refractivity contribution < 1.29 is 8.42 Å². The molecule has 0 aromatic heterocycles. The number of likely N-dealkylation sites (tertiary alicyclic amines) is 1. The minimum atomic E-state index is -3.27. The molecule has 24 heavy (non-hydrogen) atoms. The van der Waals surface area contributed by atoms with E-state index in [1.54, 1.807) is 31.3 Å². The maximum atomic E-state index is 12.3. The molecule has 0 amide bonds. The van der Waals surface area contributed by atoms with Crippen molar-refractivity contribution in [2.75, 3.05) is 25.9 Å². The van der Waals surface area contributed by atoms with Crippen LogP contribution in [0.15, 0.2) is 40.2 Å². The minimum Gasteiger partial charge on any atom is -0.355 e. The maximum Gasteiger partial charge on any atom is 0.194 e. The van der Waals surface area contributed by atoms with Gasteiger partial charge in [-0.1, -0.05) is 32.0 Å². The Morgan fingerprint density at radius 3 is 2.25 bits per heavy atom. The number of hydrogen-bond donors (Lipinski definition) is 1. The second-order valence-corrected chi connectivity index (χ2v) is 9.24. The SMILES string of the molecule is CN=C(NCCS(=O)(=O)c1ccccc1)N1CC(C)(C)C1(C)C.I. The zero-order chi connectivity index (χ0) is 17.3. The van der Waals surface area contributed by atoms with Gasteiger partial charge in [0.2, 0.25) is 0 Å². The number of guanidine groups is 1. The van der Waals surface area contributed by atoms with Crippen molar-refractivity contribution in [3.63, 3.8) is 0 Å². The first kappa shape index (κ1) is 21.2. The summed E-state index contributed by atoms with van der Waals surface area (Å²) in [7, 11) is -1.53. The molecule has 1 saturated heterocycles. The van der Waals surface area contributed by atoms with E-state index >= 15 is 0 Å². The lowest BCUT2D eigenvalue weighted by Crippen LogP contribution is -2.72. The van der Waals surface area contributed by atoms with Gasteiger partial charge < -0.3 is 10.2 Å². The van der Waals surface area contributed by atoms with Gasteiger partial charge >= 0.3 is 0 Å². The third-order valence-corrected chi connectivity index (χ3v) is 6.84. The Morgan fingerprint density at radius 2 is 1.79 bits per heavy atom. The van der Waals surface area contributed by atoms with E-state index in [-0.39, 0.29) is 40.7 Å². The largest absolute Gasteiger partial charge is 0.355 e. The zero-order valence-corrected chi connectivity index (χ0v) is 18.2. The highest BCUT2D eigenvalue weighted by atomic mass is 127. The number of rotatable bonds is 4. The first-order valence-electron chi connectivity index (χ1n) is 7.88. The molecule has 0 atom stereocenters. The topological polar surface area (TPSA) is 61.8 Å². The van der Waals surface area contributed by atoms with Gasteiger partial charge in [-0.25, -0.2) is 8.42 Å². The molecular formula is C17H28IN3O2S. The highest BCUT2D eigenvalue weighted by molar-refractivity contribution is 14.0. The molecule has 1 aromatic carbocycles. The molecule has 1 aliphatic heterocycles. The van der Waals surface area contributed by atoms with Gasteiger partial charge in [0.1, 0.15) is 0 Å². The number of nitrogens with one attached hydrogen (secondary N) is 1. The number of benzene rings is 1. The molecule has 1 fully saturated rings. The van der Waals surface area contributed by atoms with E-state index in [0.29, 0.717) is 11.4 Å². The van der Waals surface area contributed by atoms with Crippen molar-refractivity contribution >= 4 is 39.8 Å². The van der Waals surface area contributed by atoms with Gasteiger partial charge in [-0.05, 0) is 26.0 Å². The number of sulfone groups is 1. The third kappa shape index (κ3) is 4.04. The Morgan fingerprint density at radius 1 is 1.21 bits per heavy atom. The molecule has 1 aromatic rings. The number of aliphatic imine (C=N–C) groups is 1. The van der Waals surface area contributed by atoms with Crippen LogP contribution in [0.25, 0.3) is 0 Å². The first-order chi connectivity index (χ1) is 10.6. The van der Waals surface area contributed by atoms with E-state index in [2.05, 4.69) is 42.9 Å². The molecule has 1 N–H and O–H groups in total. The van der Waals surface area contributed by atoms with Crippen LogP contribution in [0.5, 0.6) is 0 Å². The predicted molar refractivity (Wildman–Crippen MR) is 110 cm³/mol. The second kappa shape index (κ2) is 7.59. The number of hydrogen-bond acceptors (Lipinski definition) is 3. The smallest absolute Gasteiger partial charge is 0.194 e.